The number of hydrogen-bond acceptors (Lipinski definition) is 4. The van der Waals surface area contributed by atoms with Gasteiger partial charge in [-0.2, -0.15) is 0 Å². The fraction of sp³-hybridized carbons (Fsp3) is 0.133. The smallest absolute Gasteiger partial charge is 0.274 e. The Morgan fingerprint density at radius 2 is 1.90 bits per heavy atom. The van der Waals surface area contributed by atoms with E-state index >= 15 is 0 Å². The minimum absolute atomic E-state index is 0.212. The molecule has 0 spiro atoms. The topological polar surface area (TPSA) is 97.1 Å². The average molecular weight is 284 g/mol. The monoisotopic (exact) mass is 284 g/mol. The van der Waals surface area contributed by atoms with Gasteiger partial charge in [0.25, 0.3) is 11.8 Å². The maximum absolute atomic E-state index is 12.1. The number of amides is 2. The minimum atomic E-state index is -0.354. The van der Waals surface area contributed by atoms with Crippen LogP contribution in [0.25, 0.3) is 0 Å². The summed E-state index contributed by atoms with van der Waals surface area (Å²) in [7, 11) is 1.55. The van der Waals surface area contributed by atoms with Gasteiger partial charge in [-0.25, -0.2) is 4.98 Å². The van der Waals surface area contributed by atoms with Gasteiger partial charge >= 0.3 is 0 Å². The van der Waals surface area contributed by atoms with Gasteiger partial charge in [0.2, 0.25) is 0 Å². The number of anilines is 2. The van der Waals surface area contributed by atoms with E-state index in [0.717, 1.165) is 5.56 Å². The molecule has 0 bridgehead atoms. The molecule has 0 unspecified atom stereocenters. The molecule has 2 aromatic rings. The van der Waals surface area contributed by atoms with Gasteiger partial charge in [0.05, 0.1) is 11.9 Å². The molecule has 0 atom stereocenters. The molecule has 1 aromatic heterocycles. The second-order valence-electron chi connectivity index (χ2n) is 4.54. The van der Waals surface area contributed by atoms with Gasteiger partial charge in [0.1, 0.15) is 5.69 Å². The lowest BCUT2D eigenvalue weighted by molar-refractivity contribution is 0.0961. The Bertz CT molecular complexity index is 681. The van der Waals surface area contributed by atoms with E-state index in [9.17, 15) is 9.59 Å². The molecule has 0 aliphatic rings. The molecule has 6 nitrogen and oxygen atoms in total. The Kier molecular flexibility index (Phi) is 4.18. The van der Waals surface area contributed by atoms with E-state index < -0.39 is 0 Å². The standard InChI is InChI=1S/C15H16N4O2/c1-9-3-4-10(14(20)17-2)7-13(9)19-15(21)12-6-5-11(16)8-18-12/h3-8H,16H2,1-2H3,(H,17,20)(H,19,21). The highest BCUT2D eigenvalue weighted by atomic mass is 16.2. The third-order valence-electron chi connectivity index (χ3n) is 2.99. The molecule has 1 aromatic carbocycles. The minimum Gasteiger partial charge on any atom is -0.397 e. The third-order valence-corrected chi connectivity index (χ3v) is 2.99. The van der Waals surface area contributed by atoms with Crippen molar-refractivity contribution in [1.29, 1.82) is 0 Å². The van der Waals surface area contributed by atoms with Crippen molar-refractivity contribution < 1.29 is 9.59 Å². The van der Waals surface area contributed by atoms with E-state index in [0.29, 0.717) is 16.9 Å². The zero-order valence-electron chi connectivity index (χ0n) is 11.8. The number of hydrogen-bond donors (Lipinski definition) is 3. The molecule has 0 aliphatic carbocycles. The lowest BCUT2D eigenvalue weighted by atomic mass is 10.1. The van der Waals surface area contributed by atoms with Crippen molar-refractivity contribution in [2.45, 2.75) is 6.92 Å². The van der Waals surface area contributed by atoms with Crippen LogP contribution in [0.15, 0.2) is 36.5 Å². The molecule has 1 heterocycles. The van der Waals surface area contributed by atoms with Crippen molar-refractivity contribution in [2.24, 2.45) is 0 Å². The first kappa shape index (κ1) is 14.5. The number of carbonyl (C=O) groups excluding carboxylic acids is 2. The predicted molar refractivity (Wildman–Crippen MR) is 81.2 cm³/mol. The second kappa shape index (κ2) is 6.04. The summed E-state index contributed by atoms with van der Waals surface area (Å²) in [6.07, 6.45) is 1.42. The van der Waals surface area contributed by atoms with Gasteiger partial charge in [-0.15, -0.1) is 0 Å². The quantitative estimate of drug-likeness (QED) is 0.797. The molecule has 108 valence electrons. The molecule has 6 heteroatoms. The van der Waals surface area contributed by atoms with Crippen LogP contribution in [0.5, 0.6) is 0 Å². The molecule has 2 amide bonds. The van der Waals surface area contributed by atoms with Crippen LogP contribution >= 0.6 is 0 Å². The summed E-state index contributed by atoms with van der Waals surface area (Å²) in [5.74, 6) is -0.566. The number of benzene rings is 1. The molecule has 4 N–H and O–H groups in total. The van der Waals surface area contributed by atoms with E-state index in [1.165, 1.54) is 6.20 Å². The summed E-state index contributed by atoms with van der Waals surface area (Å²) in [6, 6.07) is 8.25. The molecule has 0 fully saturated rings. The fourth-order valence-corrected chi connectivity index (χ4v) is 1.77. The summed E-state index contributed by atoms with van der Waals surface area (Å²) in [6.45, 7) is 1.85. The van der Waals surface area contributed by atoms with Crippen molar-refractivity contribution in [3.63, 3.8) is 0 Å². The number of aryl methyl sites for hydroxylation is 1. The van der Waals surface area contributed by atoms with Crippen LogP contribution in [0.4, 0.5) is 11.4 Å². The van der Waals surface area contributed by atoms with E-state index in [1.807, 2.05) is 6.92 Å². The number of aromatic nitrogens is 1. The molecule has 0 aliphatic heterocycles. The van der Waals surface area contributed by atoms with E-state index in [1.54, 1.807) is 37.4 Å². The Hall–Kier alpha value is -2.89. The molecule has 0 radical (unpaired) electrons. The SMILES string of the molecule is CNC(=O)c1ccc(C)c(NC(=O)c2ccc(N)cn2)c1. The van der Waals surface area contributed by atoms with Gasteiger partial charge in [-0.1, -0.05) is 6.07 Å². The summed E-state index contributed by atoms with van der Waals surface area (Å²) < 4.78 is 0. The largest absolute Gasteiger partial charge is 0.397 e. The molecule has 0 saturated carbocycles. The first-order chi connectivity index (χ1) is 10.0. The highest BCUT2D eigenvalue weighted by molar-refractivity contribution is 6.04. The summed E-state index contributed by atoms with van der Waals surface area (Å²) in [5.41, 5.74) is 8.18. The van der Waals surface area contributed by atoms with E-state index in [2.05, 4.69) is 15.6 Å². The van der Waals surface area contributed by atoms with E-state index in [-0.39, 0.29) is 17.5 Å². The number of nitrogen functional groups attached to an aromatic ring is 1. The van der Waals surface area contributed by atoms with Crippen LogP contribution in [-0.2, 0) is 0 Å². The Balaban J connectivity index is 2.24. The highest BCUT2D eigenvalue weighted by Gasteiger charge is 2.11. The maximum Gasteiger partial charge on any atom is 0.274 e. The number of nitrogens with zero attached hydrogens (tertiary/aromatic N) is 1. The first-order valence-corrected chi connectivity index (χ1v) is 6.37. The van der Waals surface area contributed by atoms with Crippen LogP contribution in [0, 0.1) is 6.92 Å². The average Bonchev–Trinajstić information content (AvgIpc) is 2.49. The highest BCUT2D eigenvalue weighted by Crippen LogP contribution is 2.18. The first-order valence-electron chi connectivity index (χ1n) is 6.37. The zero-order chi connectivity index (χ0) is 15.4. The van der Waals surface area contributed by atoms with Crippen LogP contribution in [0.1, 0.15) is 26.4 Å². The van der Waals surface area contributed by atoms with Gasteiger partial charge in [0.15, 0.2) is 0 Å². The van der Waals surface area contributed by atoms with Gasteiger partial charge in [-0.3, -0.25) is 9.59 Å². The Morgan fingerprint density at radius 3 is 2.52 bits per heavy atom. The van der Waals surface area contributed by atoms with Crippen molar-refractivity contribution in [3.05, 3.63) is 53.3 Å². The number of nitrogens with one attached hydrogen (secondary N) is 2. The molecular formula is C15H16N4O2. The Labute approximate surface area is 122 Å². The molecule has 2 rings (SSSR count). The third kappa shape index (κ3) is 3.36. The van der Waals surface area contributed by atoms with Crippen LogP contribution in [-0.4, -0.2) is 23.8 Å². The van der Waals surface area contributed by atoms with Crippen LogP contribution in [0.3, 0.4) is 0 Å². The summed E-state index contributed by atoms with van der Waals surface area (Å²) in [4.78, 5) is 27.7. The molecular weight excluding hydrogens is 268 g/mol. The van der Waals surface area contributed by atoms with Crippen molar-refractivity contribution in [2.75, 3.05) is 18.1 Å². The molecule has 0 saturated heterocycles. The summed E-state index contributed by atoms with van der Waals surface area (Å²) in [5, 5.41) is 5.28. The van der Waals surface area contributed by atoms with E-state index in [4.69, 9.17) is 5.73 Å². The van der Waals surface area contributed by atoms with Crippen LogP contribution in [0.2, 0.25) is 0 Å². The van der Waals surface area contributed by atoms with Gasteiger partial charge in [0, 0.05) is 18.3 Å². The molecule has 21 heavy (non-hydrogen) atoms. The maximum atomic E-state index is 12.1. The lowest BCUT2D eigenvalue weighted by Crippen LogP contribution is -2.19. The number of carbonyl (C=O) groups is 2. The number of pyridine rings is 1. The fourth-order valence-electron chi connectivity index (χ4n) is 1.77. The van der Waals surface area contributed by atoms with Crippen LogP contribution < -0.4 is 16.4 Å². The van der Waals surface area contributed by atoms with Crippen molar-refractivity contribution >= 4 is 23.2 Å². The van der Waals surface area contributed by atoms with Gasteiger partial charge in [-0.05, 0) is 36.8 Å². The normalized spacial score (nSPS) is 10.0. The zero-order valence-corrected chi connectivity index (χ0v) is 11.8. The summed E-state index contributed by atoms with van der Waals surface area (Å²) >= 11 is 0. The second-order valence-corrected chi connectivity index (χ2v) is 4.54. The predicted octanol–water partition coefficient (Wildman–Crippen LogP) is 1.58. The Morgan fingerprint density at radius 1 is 1.14 bits per heavy atom. The number of rotatable bonds is 3. The lowest BCUT2D eigenvalue weighted by Gasteiger charge is -2.10. The van der Waals surface area contributed by atoms with Crippen molar-refractivity contribution in [1.82, 2.24) is 10.3 Å². The van der Waals surface area contributed by atoms with Gasteiger partial charge < -0.3 is 16.4 Å². The number of nitrogens with two attached hydrogens (primary N) is 1. The van der Waals surface area contributed by atoms with Crippen molar-refractivity contribution in [3.8, 4) is 0 Å².